The number of methoxy groups -OCH3 is 1. The predicted molar refractivity (Wildman–Crippen MR) is 164 cm³/mol. The number of piperidine rings is 1. The van der Waals surface area contributed by atoms with Gasteiger partial charge in [-0.25, -0.2) is 0 Å². The van der Waals surface area contributed by atoms with Gasteiger partial charge in [-0.2, -0.15) is 0 Å². The lowest BCUT2D eigenvalue weighted by molar-refractivity contribution is -0.0328. The van der Waals surface area contributed by atoms with E-state index in [1.54, 1.807) is 7.11 Å². The van der Waals surface area contributed by atoms with E-state index in [4.69, 9.17) is 35.3 Å². The minimum atomic E-state index is -0.550. The summed E-state index contributed by atoms with van der Waals surface area (Å²) in [6.07, 6.45) is 0.972. The number of para-hydroxylation sites is 1. The van der Waals surface area contributed by atoms with Gasteiger partial charge in [0, 0.05) is 45.7 Å². The van der Waals surface area contributed by atoms with E-state index in [9.17, 15) is 5.11 Å². The molecule has 0 radical (unpaired) electrons. The number of nitrogens with zero attached hydrogens (tertiary/aromatic N) is 1. The average Bonchev–Trinajstić information content (AvgIpc) is 3.01. The maximum absolute atomic E-state index is 10.9. The van der Waals surface area contributed by atoms with E-state index in [1.165, 1.54) is 0 Å². The molecule has 9 heteroatoms. The number of hydrogen-bond donors (Lipinski definition) is 2. The summed E-state index contributed by atoms with van der Waals surface area (Å²) >= 11 is 6.14. The molecule has 226 valence electrons. The molecule has 42 heavy (non-hydrogen) atoms. The molecule has 3 aromatic carbocycles. The third kappa shape index (κ3) is 8.08. The van der Waals surface area contributed by atoms with Gasteiger partial charge < -0.3 is 39.0 Å². The number of fused-ring (bicyclic) bond motifs is 1. The molecule has 0 aromatic heterocycles. The Morgan fingerprint density at radius 3 is 2.64 bits per heavy atom. The lowest BCUT2D eigenvalue weighted by Gasteiger charge is -2.36. The van der Waals surface area contributed by atoms with Crippen LogP contribution in [0.15, 0.2) is 66.7 Å². The van der Waals surface area contributed by atoms with E-state index < -0.39 is 6.10 Å². The van der Waals surface area contributed by atoms with Gasteiger partial charge in [0.1, 0.15) is 23.9 Å². The fourth-order valence-electron chi connectivity index (χ4n) is 5.50. The predicted octanol–water partition coefficient (Wildman–Crippen LogP) is 5.06. The summed E-state index contributed by atoms with van der Waals surface area (Å²) in [5, 5.41) is 14.9. The van der Waals surface area contributed by atoms with Gasteiger partial charge in [-0.05, 0) is 53.9 Å². The third-order valence-corrected chi connectivity index (χ3v) is 7.97. The van der Waals surface area contributed by atoms with Crippen LogP contribution in [0.25, 0.3) is 0 Å². The standard InChI is InChI=1S/C33H41ClN2O6/c1-38-16-4-14-36-15-19-41-31-13-8-24(20-28(31)36)23-42-32-22-35-21-29(37)33(32)25-9-11-26(12-10-25)39-17-5-18-40-30-7-3-2-6-27(30)34/h2-3,6-13,20,29,32-33,35,37H,4-5,14-19,21-23H2,1H3/t29-,32+,33?/m1/s1. The Bertz CT molecular complexity index is 1260. The van der Waals surface area contributed by atoms with Crippen LogP contribution in [0.4, 0.5) is 5.69 Å². The van der Waals surface area contributed by atoms with Crippen molar-refractivity contribution in [2.75, 3.05) is 64.6 Å². The number of halogens is 1. The van der Waals surface area contributed by atoms with E-state index in [1.807, 2.05) is 54.6 Å². The molecule has 2 aliphatic heterocycles. The Labute approximate surface area is 253 Å². The summed E-state index contributed by atoms with van der Waals surface area (Å²) in [6, 6.07) is 21.7. The molecule has 1 saturated heterocycles. The van der Waals surface area contributed by atoms with E-state index in [0.717, 1.165) is 60.9 Å². The summed E-state index contributed by atoms with van der Waals surface area (Å²) in [5.41, 5.74) is 3.21. The van der Waals surface area contributed by atoms with Crippen LogP contribution in [0.1, 0.15) is 29.9 Å². The zero-order valence-electron chi connectivity index (χ0n) is 24.2. The van der Waals surface area contributed by atoms with Crippen molar-refractivity contribution >= 4 is 17.3 Å². The fourth-order valence-corrected chi connectivity index (χ4v) is 5.69. The van der Waals surface area contributed by atoms with Crippen molar-refractivity contribution in [1.29, 1.82) is 0 Å². The van der Waals surface area contributed by atoms with Crippen molar-refractivity contribution in [2.45, 2.75) is 37.6 Å². The van der Waals surface area contributed by atoms with Gasteiger partial charge in [0.25, 0.3) is 0 Å². The van der Waals surface area contributed by atoms with Crippen LogP contribution in [0, 0.1) is 0 Å². The van der Waals surface area contributed by atoms with E-state index >= 15 is 0 Å². The van der Waals surface area contributed by atoms with Crippen molar-refractivity contribution in [2.24, 2.45) is 0 Å². The first kappa shape index (κ1) is 30.4. The monoisotopic (exact) mass is 596 g/mol. The second kappa shape index (κ2) is 15.5. The number of β-amino-alcohol motifs (C(OH)–C–C–N with tert-alkyl or cyclic N) is 1. The highest BCUT2D eigenvalue weighted by atomic mass is 35.5. The molecule has 5 rings (SSSR count). The van der Waals surface area contributed by atoms with Crippen LogP contribution in [0.5, 0.6) is 17.2 Å². The second-order valence-corrected chi connectivity index (χ2v) is 11.0. The molecule has 2 N–H and O–H groups in total. The number of rotatable bonds is 14. The normalized spacial score (nSPS) is 20.1. The Balaban J connectivity index is 1.14. The van der Waals surface area contributed by atoms with Crippen molar-refractivity contribution in [3.05, 3.63) is 82.9 Å². The molecule has 8 nitrogen and oxygen atoms in total. The van der Waals surface area contributed by atoms with Crippen LogP contribution in [-0.2, 0) is 16.1 Å². The Kier molecular flexibility index (Phi) is 11.2. The Hall–Kier alpha value is -3.01. The van der Waals surface area contributed by atoms with Crippen molar-refractivity contribution in [3.63, 3.8) is 0 Å². The third-order valence-electron chi connectivity index (χ3n) is 7.65. The minimum absolute atomic E-state index is 0.143. The Morgan fingerprint density at radius 1 is 0.976 bits per heavy atom. The van der Waals surface area contributed by atoms with Gasteiger partial charge in [-0.1, -0.05) is 41.9 Å². The number of aliphatic hydroxyl groups excluding tert-OH is 1. The first-order chi connectivity index (χ1) is 20.6. The first-order valence-electron chi connectivity index (χ1n) is 14.7. The van der Waals surface area contributed by atoms with Crippen LogP contribution in [0.2, 0.25) is 5.02 Å². The van der Waals surface area contributed by atoms with Crippen molar-refractivity contribution < 1.29 is 28.8 Å². The maximum Gasteiger partial charge on any atom is 0.142 e. The largest absolute Gasteiger partial charge is 0.493 e. The molecule has 0 saturated carbocycles. The SMILES string of the molecule is COCCCN1CCOc2ccc(CO[C@H]3CNC[C@@H](O)C3c3ccc(OCCCOc4ccccc4Cl)cc3)cc21. The van der Waals surface area contributed by atoms with Crippen LogP contribution >= 0.6 is 11.6 Å². The topological polar surface area (TPSA) is 81.7 Å². The van der Waals surface area contributed by atoms with Gasteiger partial charge in [-0.3, -0.25) is 0 Å². The summed E-state index contributed by atoms with van der Waals surface area (Å²) < 4.78 is 29.2. The summed E-state index contributed by atoms with van der Waals surface area (Å²) in [5.74, 6) is 2.23. The lowest BCUT2D eigenvalue weighted by Crippen LogP contribution is -2.49. The highest BCUT2D eigenvalue weighted by Crippen LogP contribution is 2.34. The molecular formula is C33H41ClN2O6. The highest BCUT2D eigenvalue weighted by Gasteiger charge is 2.34. The fraction of sp³-hybridized carbons (Fsp3) is 0.455. The van der Waals surface area contributed by atoms with Crippen LogP contribution < -0.4 is 24.4 Å². The van der Waals surface area contributed by atoms with Gasteiger partial charge in [-0.15, -0.1) is 0 Å². The molecular weight excluding hydrogens is 556 g/mol. The second-order valence-electron chi connectivity index (χ2n) is 10.6. The number of anilines is 1. The lowest BCUT2D eigenvalue weighted by atomic mass is 9.85. The summed E-state index contributed by atoms with van der Waals surface area (Å²) in [7, 11) is 1.73. The average molecular weight is 597 g/mol. The van der Waals surface area contributed by atoms with Crippen LogP contribution in [0.3, 0.4) is 0 Å². The number of aliphatic hydroxyl groups is 1. The molecule has 1 fully saturated rings. The molecule has 1 unspecified atom stereocenters. The van der Waals surface area contributed by atoms with Crippen LogP contribution in [-0.4, -0.2) is 77.0 Å². The Morgan fingerprint density at radius 2 is 1.81 bits per heavy atom. The molecule has 2 aliphatic rings. The van der Waals surface area contributed by atoms with Gasteiger partial charge in [0.15, 0.2) is 0 Å². The molecule has 0 amide bonds. The maximum atomic E-state index is 10.9. The molecule has 0 bridgehead atoms. The smallest absolute Gasteiger partial charge is 0.142 e. The highest BCUT2D eigenvalue weighted by molar-refractivity contribution is 6.32. The molecule has 3 atom stereocenters. The summed E-state index contributed by atoms with van der Waals surface area (Å²) in [6.45, 7) is 5.90. The van der Waals surface area contributed by atoms with E-state index in [-0.39, 0.29) is 12.0 Å². The van der Waals surface area contributed by atoms with E-state index in [2.05, 4.69) is 22.3 Å². The summed E-state index contributed by atoms with van der Waals surface area (Å²) in [4.78, 5) is 2.35. The van der Waals surface area contributed by atoms with Gasteiger partial charge >= 0.3 is 0 Å². The zero-order chi connectivity index (χ0) is 29.1. The molecule has 3 aromatic rings. The zero-order valence-corrected chi connectivity index (χ0v) is 24.9. The molecule has 0 spiro atoms. The minimum Gasteiger partial charge on any atom is -0.493 e. The molecule has 2 heterocycles. The van der Waals surface area contributed by atoms with Crippen molar-refractivity contribution in [1.82, 2.24) is 5.32 Å². The quantitative estimate of drug-likeness (QED) is 0.250. The van der Waals surface area contributed by atoms with Gasteiger partial charge in [0.2, 0.25) is 0 Å². The van der Waals surface area contributed by atoms with Gasteiger partial charge in [0.05, 0.1) is 49.3 Å². The van der Waals surface area contributed by atoms with E-state index in [0.29, 0.717) is 50.3 Å². The number of hydrogen-bond acceptors (Lipinski definition) is 8. The van der Waals surface area contributed by atoms with Crippen molar-refractivity contribution in [3.8, 4) is 17.2 Å². The number of ether oxygens (including phenoxy) is 5. The molecule has 0 aliphatic carbocycles. The number of benzene rings is 3. The number of nitrogens with one attached hydrogen (secondary N) is 1. The first-order valence-corrected chi connectivity index (χ1v) is 15.1.